The molecule has 0 saturated heterocycles. The lowest BCUT2D eigenvalue weighted by Gasteiger charge is -2.19. The second-order valence-electron chi connectivity index (χ2n) is 6.16. The molecule has 0 amide bonds. The van der Waals surface area contributed by atoms with Gasteiger partial charge in [-0.3, -0.25) is 0 Å². The molecule has 0 aliphatic heterocycles. The molecule has 0 bridgehead atoms. The number of ether oxygens (including phenoxy) is 1. The summed E-state index contributed by atoms with van der Waals surface area (Å²) in [5, 5.41) is 3.60. The summed E-state index contributed by atoms with van der Waals surface area (Å²) in [5.74, 6) is 0.801. The topological polar surface area (TPSA) is 50.5 Å². The van der Waals surface area contributed by atoms with Crippen molar-refractivity contribution in [3.8, 4) is 5.75 Å². The van der Waals surface area contributed by atoms with Gasteiger partial charge in [0.1, 0.15) is 5.75 Å². The van der Waals surface area contributed by atoms with Crippen LogP contribution in [0.2, 0.25) is 0 Å². The van der Waals surface area contributed by atoms with Gasteiger partial charge in [-0.1, -0.05) is 26.8 Å². The average molecular weight is 322 g/mol. The summed E-state index contributed by atoms with van der Waals surface area (Å²) in [6, 6.07) is 6.61. The van der Waals surface area contributed by atoms with Gasteiger partial charge in [0, 0.05) is 6.04 Å². The Bertz CT molecular complexity index is 433. The predicted molar refractivity (Wildman–Crippen MR) is 100 cm³/mol. The Morgan fingerprint density at radius 1 is 1.22 bits per heavy atom. The Kier molecular flexibility index (Phi) is 9.72. The van der Waals surface area contributed by atoms with Gasteiger partial charge in [0.25, 0.3) is 0 Å². The van der Waals surface area contributed by atoms with Crippen LogP contribution in [0.1, 0.15) is 46.1 Å². The first kappa shape index (κ1) is 19.8. The largest absolute Gasteiger partial charge is 0.491 e. The van der Waals surface area contributed by atoms with Crippen LogP contribution >= 0.6 is 0 Å². The van der Waals surface area contributed by atoms with Gasteiger partial charge >= 0.3 is 0 Å². The van der Waals surface area contributed by atoms with Crippen LogP contribution in [0.4, 0.5) is 5.69 Å². The van der Waals surface area contributed by atoms with E-state index in [1.54, 1.807) is 0 Å². The van der Waals surface area contributed by atoms with E-state index in [0.717, 1.165) is 43.9 Å². The van der Waals surface area contributed by atoms with Crippen molar-refractivity contribution >= 4 is 5.69 Å². The van der Waals surface area contributed by atoms with Crippen molar-refractivity contribution in [2.45, 2.75) is 53.0 Å². The maximum absolute atomic E-state index is 6.07. The number of hydrogen-bond donors (Lipinski definition) is 2. The molecule has 1 aromatic carbocycles. The molecule has 132 valence electrons. The molecule has 3 N–H and O–H groups in total. The Balaban J connectivity index is 2.33. The molecule has 0 saturated carbocycles. The van der Waals surface area contributed by atoms with Crippen LogP contribution in [-0.4, -0.2) is 43.7 Å². The van der Waals surface area contributed by atoms with E-state index in [2.05, 4.69) is 44.0 Å². The van der Waals surface area contributed by atoms with Crippen molar-refractivity contribution in [1.82, 2.24) is 10.2 Å². The van der Waals surface area contributed by atoms with E-state index in [-0.39, 0.29) is 0 Å². The monoisotopic (exact) mass is 321 g/mol. The van der Waals surface area contributed by atoms with Crippen molar-refractivity contribution in [3.63, 3.8) is 0 Å². The smallest absolute Gasteiger partial charge is 0.142 e. The highest BCUT2D eigenvalue weighted by Gasteiger charge is 2.07. The van der Waals surface area contributed by atoms with Crippen LogP contribution in [0.15, 0.2) is 18.2 Å². The molecule has 1 unspecified atom stereocenters. The van der Waals surface area contributed by atoms with E-state index in [9.17, 15) is 0 Å². The molecule has 0 heterocycles. The fourth-order valence-electron chi connectivity index (χ4n) is 2.69. The molecule has 4 heteroatoms. The maximum atomic E-state index is 6.07. The zero-order valence-electron chi connectivity index (χ0n) is 15.4. The first-order valence-corrected chi connectivity index (χ1v) is 9.07. The molecule has 23 heavy (non-hydrogen) atoms. The van der Waals surface area contributed by atoms with Crippen molar-refractivity contribution in [3.05, 3.63) is 23.8 Å². The summed E-state index contributed by atoms with van der Waals surface area (Å²) >= 11 is 0. The molecule has 4 nitrogen and oxygen atoms in total. The molecule has 0 aromatic heterocycles. The van der Waals surface area contributed by atoms with Crippen molar-refractivity contribution < 1.29 is 4.74 Å². The SMILES string of the molecule is CCCOc1ccc(CC(C)NCCCN(CC)CC)cc1N. The van der Waals surface area contributed by atoms with Gasteiger partial charge in [-0.05, 0) is 70.1 Å². The summed E-state index contributed by atoms with van der Waals surface area (Å²) in [6.07, 6.45) is 3.18. The van der Waals surface area contributed by atoms with Crippen LogP contribution < -0.4 is 15.8 Å². The standard InChI is InChI=1S/C19H35N3O/c1-5-13-23-19-10-9-17(15-18(19)20)14-16(4)21-11-8-12-22(6-2)7-3/h9-10,15-16,21H,5-8,11-14,20H2,1-4H3. The number of hydrogen-bond acceptors (Lipinski definition) is 4. The van der Waals surface area contributed by atoms with Crippen LogP contribution in [0.25, 0.3) is 0 Å². The third kappa shape index (κ3) is 7.71. The number of nitrogens with one attached hydrogen (secondary N) is 1. The molecule has 1 rings (SSSR count). The van der Waals surface area contributed by atoms with E-state index >= 15 is 0 Å². The number of benzene rings is 1. The minimum atomic E-state index is 0.452. The molecule has 0 spiro atoms. The summed E-state index contributed by atoms with van der Waals surface area (Å²) in [6.45, 7) is 14.0. The number of anilines is 1. The van der Waals surface area contributed by atoms with Crippen molar-refractivity contribution in [2.75, 3.05) is 38.5 Å². The fraction of sp³-hybridized carbons (Fsp3) is 0.684. The van der Waals surface area contributed by atoms with E-state index in [0.29, 0.717) is 12.6 Å². The fourth-order valence-corrected chi connectivity index (χ4v) is 2.69. The van der Waals surface area contributed by atoms with Crippen molar-refractivity contribution in [2.24, 2.45) is 0 Å². The van der Waals surface area contributed by atoms with Crippen molar-refractivity contribution in [1.29, 1.82) is 0 Å². The van der Waals surface area contributed by atoms with Crippen LogP contribution in [0, 0.1) is 0 Å². The van der Waals surface area contributed by atoms with Crippen LogP contribution in [0.3, 0.4) is 0 Å². The molecule has 1 aromatic rings. The molecule has 0 aliphatic carbocycles. The molecule has 1 atom stereocenters. The van der Waals surface area contributed by atoms with E-state index < -0.39 is 0 Å². The van der Waals surface area contributed by atoms with Gasteiger partial charge < -0.3 is 20.7 Å². The number of nitrogens with two attached hydrogens (primary N) is 1. The summed E-state index contributed by atoms with van der Waals surface area (Å²) in [4.78, 5) is 2.46. The number of nitrogens with zero attached hydrogens (tertiary/aromatic N) is 1. The third-order valence-electron chi connectivity index (χ3n) is 4.12. The number of rotatable bonds is 12. The summed E-state index contributed by atoms with van der Waals surface area (Å²) in [5.41, 5.74) is 8.07. The normalized spacial score (nSPS) is 12.6. The highest BCUT2D eigenvalue weighted by atomic mass is 16.5. The zero-order valence-corrected chi connectivity index (χ0v) is 15.4. The molecular formula is C19H35N3O. The second kappa shape index (κ2) is 11.3. The lowest BCUT2D eigenvalue weighted by Crippen LogP contribution is -2.32. The van der Waals surface area contributed by atoms with Gasteiger partial charge in [0.15, 0.2) is 0 Å². The van der Waals surface area contributed by atoms with Crippen LogP contribution in [-0.2, 0) is 6.42 Å². The number of nitrogen functional groups attached to an aromatic ring is 1. The lowest BCUT2D eigenvalue weighted by atomic mass is 10.1. The quantitative estimate of drug-likeness (QED) is 0.458. The van der Waals surface area contributed by atoms with E-state index in [4.69, 9.17) is 10.5 Å². The first-order chi connectivity index (χ1) is 11.1. The Morgan fingerprint density at radius 3 is 2.57 bits per heavy atom. The molecule has 0 radical (unpaired) electrons. The van der Waals surface area contributed by atoms with Gasteiger partial charge in [-0.15, -0.1) is 0 Å². The lowest BCUT2D eigenvalue weighted by molar-refractivity contribution is 0.296. The molecule has 0 aliphatic rings. The zero-order chi connectivity index (χ0) is 17.1. The second-order valence-corrected chi connectivity index (χ2v) is 6.16. The van der Waals surface area contributed by atoms with Gasteiger partial charge in [0.05, 0.1) is 12.3 Å². The van der Waals surface area contributed by atoms with Crippen LogP contribution in [0.5, 0.6) is 5.75 Å². The predicted octanol–water partition coefficient (Wildman–Crippen LogP) is 3.31. The van der Waals surface area contributed by atoms with Gasteiger partial charge in [-0.2, -0.15) is 0 Å². The highest BCUT2D eigenvalue weighted by molar-refractivity contribution is 5.54. The van der Waals surface area contributed by atoms with Gasteiger partial charge in [-0.25, -0.2) is 0 Å². The third-order valence-corrected chi connectivity index (χ3v) is 4.12. The first-order valence-electron chi connectivity index (χ1n) is 9.07. The molecular weight excluding hydrogens is 286 g/mol. The minimum Gasteiger partial charge on any atom is -0.491 e. The Hall–Kier alpha value is -1.26. The average Bonchev–Trinajstić information content (AvgIpc) is 2.54. The van der Waals surface area contributed by atoms with Gasteiger partial charge in [0.2, 0.25) is 0 Å². The van der Waals surface area contributed by atoms with E-state index in [1.807, 2.05) is 12.1 Å². The summed E-state index contributed by atoms with van der Waals surface area (Å²) < 4.78 is 5.62. The highest BCUT2D eigenvalue weighted by Crippen LogP contribution is 2.23. The Labute approximate surface area is 142 Å². The molecule has 0 fully saturated rings. The van der Waals surface area contributed by atoms with E-state index in [1.165, 1.54) is 18.5 Å². The summed E-state index contributed by atoms with van der Waals surface area (Å²) in [7, 11) is 0. The maximum Gasteiger partial charge on any atom is 0.142 e. The minimum absolute atomic E-state index is 0.452. The Morgan fingerprint density at radius 2 is 1.96 bits per heavy atom.